The molecule has 2 aromatic carbocycles. The molecule has 2 aliphatic rings. The molecule has 0 aliphatic carbocycles. The summed E-state index contributed by atoms with van der Waals surface area (Å²) in [5.74, 6) is 0.176. The van der Waals surface area contributed by atoms with Gasteiger partial charge in [0.1, 0.15) is 0 Å². The Morgan fingerprint density at radius 1 is 0.963 bits per heavy atom. The predicted molar refractivity (Wildman–Crippen MR) is 114 cm³/mol. The highest BCUT2D eigenvalue weighted by Gasteiger charge is 2.21. The van der Waals surface area contributed by atoms with Crippen LogP contribution >= 0.6 is 12.4 Å². The molecule has 0 radical (unpaired) electrons. The molecular formula is C22H28ClN3O. The van der Waals surface area contributed by atoms with Gasteiger partial charge in [0.25, 0.3) is 5.91 Å². The van der Waals surface area contributed by atoms with E-state index in [1.54, 1.807) is 0 Å². The summed E-state index contributed by atoms with van der Waals surface area (Å²) < 4.78 is 0. The van der Waals surface area contributed by atoms with Crippen molar-refractivity contribution in [3.63, 3.8) is 0 Å². The molecule has 1 saturated heterocycles. The number of nitrogens with zero attached hydrogens (tertiary/aromatic N) is 2. The van der Waals surface area contributed by atoms with Crippen molar-refractivity contribution in [2.45, 2.75) is 38.6 Å². The van der Waals surface area contributed by atoms with E-state index in [1.807, 2.05) is 29.2 Å². The maximum Gasteiger partial charge on any atom is 0.253 e. The smallest absolute Gasteiger partial charge is 0.253 e. The van der Waals surface area contributed by atoms with E-state index in [4.69, 9.17) is 5.73 Å². The van der Waals surface area contributed by atoms with Crippen molar-refractivity contribution in [3.8, 4) is 0 Å². The Morgan fingerprint density at radius 3 is 2.56 bits per heavy atom. The summed E-state index contributed by atoms with van der Waals surface area (Å²) in [5.41, 5.74) is 11.6. The number of nitrogens with two attached hydrogens (primary N) is 1. The van der Waals surface area contributed by atoms with Crippen molar-refractivity contribution >= 4 is 29.7 Å². The van der Waals surface area contributed by atoms with Gasteiger partial charge in [0.15, 0.2) is 0 Å². The lowest BCUT2D eigenvalue weighted by Crippen LogP contribution is -2.35. The second-order valence-corrected chi connectivity index (χ2v) is 7.42. The summed E-state index contributed by atoms with van der Waals surface area (Å²) in [7, 11) is 0. The number of hydrogen-bond acceptors (Lipinski definition) is 3. The summed E-state index contributed by atoms with van der Waals surface area (Å²) in [6.07, 6.45) is 5.65. The lowest BCUT2D eigenvalue weighted by atomic mass is 9.99. The fourth-order valence-electron chi connectivity index (χ4n) is 4.19. The van der Waals surface area contributed by atoms with Crippen molar-refractivity contribution in [3.05, 3.63) is 59.2 Å². The highest BCUT2D eigenvalue weighted by atomic mass is 35.5. The minimum absolute atomic E-state index is 0. The van der Waals surface area contributed by atoms with E-state index in [0.29, 0.717) is 0 Å². The Bertz CT molecular complexity index is 802. The van der Waals surface area contributed by atoms with Crippen LogP contribution in [0.3, 0.4) is 0 Å². The number of anilines is 2. The first-order valence-corrected chi connectivity index (χ1v) is 9.73. The molecule has 27 heavy (non-hydrogen) atoms. The van der Waals surface area contributed by atoms with Crippen molar-refractivity contribution in [2.75, 3.05) is 30.3 Å². The van der Waals surface area contributed by atoms with Crippen LogP contribution in [-0.2, 0) is 13.0 Å². The first kappa shape index (κ1) is 19.6. The largest absolute Gasteiger partial charge is 0.398 e. The van der Waals surface area contributed by atoms with Gasteiger partial charge in [0.05, 0.1) is 0 Å². The maximum atomic E-state index is 12.8. The van der Waals surface area contributed by atoms with E-state index >= 15 is 0 Å². The van der Waals surface area contributed by atoms with Crippen LogP contribution in [-0.4, -0.2) is 30.4 Å². The Morgan fingerprint density at radius 2 is 1.74 bits per heavy atom. The third-order valence-electron chi connectivity index (χ3n) is 5.57. The number of carbonyl (C=O) groups is 1. The summed E-state index contributed by atoms with van der Waals surface area (Å²) in [6.45, 7) is 3.63. The fraction of sp³-hybridized carbons (Fsp3) is 0.409. The van der Waals surface area contributed by atoms with Gasteiger partial charge in [0.2, 0.25) is 0 Å². The Kier molecular flexibility index (Phi) is 6.27. The molecular weight excluding hydrogens is 358 g/mol. The van der Waals surface area contributed by atoms with Gasteiger partial charge in [-0.2, -0.15) is 0 Å². The molecule has 2 N–H and O–H groups in total. The van der Waals surface area contributed by atoms with Crippen LogP contribution < -0.4 is 10.6 Å². The van der Waals surface area contributed by atoms with Crippen LogP contribution in [0, 0.1) is 0 Å². The normalized spacial score (nSPS) is 16.4. The van der Waals surface area contributed by atoms with Crippen LogP contribution in [0.25, 0.3) is 0 Å². The molecule has 0 atom stereocenters. The topological polar surface area (TPSA) is 49.6 Å². The van der Waals surface area contributed by atoms with E-state index in [-0.39, 0.29) is 18.3 Å². The molecule has 0 unspecified atom stereocenters. The number of carbonyl (C=O) groups excluding carboxylic acids is 1. The van der Waals surface area contributed by atoms with Gasteiger partial charge < -0.3 is 15.5 Å². The van der Waals surface area contributed by atoms with Crippen molar-refractivity contribution < 1.29 is 4.79 Å². The maximum absolute atomic E-state index is 12.8. The number of nitrogen functional groups attached to an aromatic ring is 1. The minimum Gasteiger partial charge on any atom is -0.398 e. The molecule has 2 aromatic rings. The fourth-order valence-corrected chi connectivity index (χ4v) is 4.19. The van der Waals surface area contributed by atoms with Crippen LogP contribution in [0.5, 0.6) is 0 Å². The highest BCUT2D eigenvalue weighted by Crippen LogP contribution is 2.32. The first-order chi connectivity index (χ1) is 12.7. The Labute approximate surface area is 167 Å². The van der Waals surface area contributed by atoms with E-state index < -0.39 is 0 Å². The third-order valence-corrected chi connectivity index (χ3v) is 5.57. The molecule has 2 heterocycles. The molecule has 5 heteroatoms. The van der Waals surface area contributed by atoms with Gasteiger partial charge in [0, 0.05) is 43.1 Å². The first-order valence-electron chi connectivity index (χ1n) is 9.73. The molecule has 0 saturated carbocycles. The van der Waals surface area contributed by atoms with Crippen molar-refractivity contribution in [1.82, 2.24) is 4.90 Å². The SMILES string of the molecule is Cl.Nc1cccc2c1CCCN2Cc1cccc(C(=O)N2CCCCC2)c1. The lowest BCUT2D eigenvalue weighted by Gasteiger charge is -2.32. The molecule has 1 fully saturated rings. The number of likely N-dealkylation sites (tertiary alicyclic amines) is 1. The third kappa shape index (κ3) is 4.22. The number of benzene rings is 2. The van der Waals surface area contributed by atoms with E-state index in [1.165, 1.54) is 23.2 Å². The van der Waals surface area contributed by atoms with Crippen LogP contribution in [0.4, 0.5) is 11.4 Å². The molecule has 2 aliphatic heterocycles. The van der Waals surface area contributed by atoms with Gasteiger partial charge >= 0.3 is 0 Å². The predicted octanol–water partition coefficient (Wildman–Crippen LogP) is 4.27. The van der Waals surface area contributed by atoms with Gasteiger partial charge in [-0.1, -0.05) is 18.2 Å². The standard InChI is InChI=1S/C22H27N3O.ClH/c23-20-10-5-11-21-19(20)9-6-14-25(21)16-17-7-4-8-18(15-17)22(26)24-12-2-1-3-13-24;/h4-5,7-8,10-11,15H,1-3,6,9,12-14,16,23H2;1H. The lowest BCUT2D eigenvalue weighted by molar-refractivity contribution is 0.0724. The molecule has 1 amide bonds. The van der Waals surface area contributed by atoms with Gasteiger partial charge in [-0.3, -0.25) is 4.79 Å². The van der Waals surface area contributed by atoms with E-state index in [9.17, 15) is 4.79 Å². The number of piperidine rings is 1. The molecule has 4 nitrogen and oxygen atoms in total. The van der Waals surface area contributed by atoms with Gasteiger partial charge in [-0.25, -0.2) is 0 Å². The summed E-state index contributed by atoms with van der Waals surface area (Å²) >= 11 is 0. The van der Waals surface area contributed by atoms with E-state index in [2.05, 4.69) is 23.1 Å². The average molecular weight is 386 g/mol. The minimum atomic E-state index is 0. The van der Waals surface area contributed by atoms with Crippen LogP contribution in [0.1, 0.15) is 47.2 Å². The van der Waals surface area contributed by atoms with Crippen LogP contribution in [0.2, 0.25) is 0 Å². The highest BCUT2D eigenvalue weighted by molar-refractivity contribution is 5.94. The second-order valence-electron chi connectivity index (χ2n) is 7.42. The summed E-state index contributed by atoms with van der Waals surface area (Å²) in [6, 6.07) is 14.3. The zero-order valence-corrected chi connectivity index (χ0v) is 16.5. The van der Waals surface area contributed by atoms with E-state index in [0.717, 1.165) is 63.1 Å². The Hall–Kier alpha value is -2.20. The molecule has 0 spiro atoms. The van der Waals surface area contributed by atoms with Crippen molar-refractivity contribution in [1.29, 1.82) is 0 Å². The zero-order valence-electron chi connectivity index (χ0n) is 15.7. The molecule has 144 valence electrons. The molecule has 4 rings (SSSR count). The number of amides is 1. The zero-order chi connectivity index (χ0) is 17.9. The number of rotatable bonds is 3. The molecule has 0 aromatic heterocycles. The average Bonchev–Trinajstić information content (AvgIpc) is 2.69. The van der Waals surface area contributed by atoms with Crippen LogP contribution in [0.15, 0.2) is 42.5 Å². The summed E-state index contributed by atoms with van der Waals surface area (Å²) in [5, 5.41) is 0. The number of fused-ring (bicyclic) bond motifs is 1. The van der Waals surface area contributed by atoms with Crippen molar-refractivity contribution in [2.24, 2.45) is 0 Å². The number of hydrogen-bond donors (Lipinski definition) is 1. The van der Waals surface area contributed by atoms with Gasteiger partial charge in [-0.15, -0.1) is 12.4 Å². The summed E-state index contributed by atoms with van der Waals surface area (Å²) in [4.78, 5) is 17.2. The van der Waals surface area contributed by atoms with Gasteiger partial charge in [-0.05, 0) is 67.5 Å². The Balaban J connectivity index is 0.00000210. The monoisotopic (exact) mass is 385 g/mol. The number of halogens is 1. The molecule has 0 bridgehead atoms. The quantitative estimate of drug-likeness (QED) is 0.802. The second kappa shape index (κ2) is 8.66.